The number of hydrogen-bond acceptors (Lipinski definition) is 1. The average Bonchev–Trinajstić information content (AvgIpc) is 2.31. The first-order valence-corrected chi connectivity index (χ1v) is 5.49. The molecule has 0 aliphatic carbocycles. The van der Waals surface area contributed by atoms with Crippen LogP contribution in [0.2, 0.25) is 0 Å². The van der Waals surface area contributed by atoms with Crippen LogP contribution in [0.25, 0.3) is 0 Å². The third-order valence-corrected chi connectivity index (χ3v) is 3.19. The SMILES string of the molecule is CC(S)(c1ccccc1)c1ccccc1.Cl. The van der Waals surface area contributed by atoms with E-state index >= 15 is 0 Å². The van der Waals surface area contributed by atoms with Gasteiger partial charge in [-0.1, -0.05) is 60.7 Å². The molecular weight excluding hydrogens is 236 g/mol. The fourth-order valence-electron chi connectivity index (χ4n) is 1.69. The molecule has 84 valence electrons. The van der Waals surface area contributed by atoms with Crippen LogP contribution in [0.5, 0.6) is 0 Å². The van der Waals surface area contributed by atoms with Crippen LogP contribution in [-0.2, 0) is 4.75 Å². The summed E-state index contributed by atoms with van der Waals surface area (Å²) in [5, 5.41) is 0. The van der Waals surface area contributed by atoms with Gasteiger partial charge >= 0.3 is 0 Å². The molecule has 2 heteroatoms. The van der Waals surface area contributed by atoms with Gasteiger partial charge in [0.2, 0.25) is 0 Å². The minimum atomic E-state index is -0.220. The van der Waals surface area contributed by atoms with Crippen LogP contribution in [-0.4, -0.2) is 0 Å². The lowest BCUT2D eigenvalue weighted by Gasteiger charge is -2.24. The molecule has 2 aromatic rings. The van der Waals surface area contributed by atoms with Crippen molar-refractivity contribution in [3.63, 3.8) is 0 Å². The lowest BCUT2D eigenvalue weighted by molar-refractivity contribution is 0.848. The second-order valence-corrected chi connectivity index (χ2v) is 4.70. The van der Waals surface area contributed by atoms with Crippen LogP contribution >= 0.6 is 25.0 Å². The maximum Gasteiger partial charge on any atom is 0.0598 e. The van der Waals surface area contributed by atoms with E-state index in [1.807, 2.05) is 36.4 Å². The molecule has 0 aliphatic heterocycles. The fourth-order valence-corrected chi connectivity index (χ4v) is 1.99. The first kappa shape index (κ1) is 13.1. The van der Waals surface area contributed by atoms with E-state index in [4.69, 9.17) is 12.6 Å². The first-order valence-electron chi connectivity index (χ1n) is 5.04. The van der Waals surface area contributed by atoms with Crippen molar-refractivity contribution in [3.05, 3.63) is 71.8 Å². The van der Waals surface area contributed by atoms with E-state index in [-0.39, 0.29) is 17.2 Å². The largest absolute Gasteiger partial charge is 0.163 e. The highest BCUT2D eigenvalue weighted by molar-refractivity contribution is 7.81. The van der Waals surface area contributed by atoms with Crippen LogP contribution in [0, 0.1) is 0 Å². The summed E-state index contributed by atoms with van der Waals surface area (Å²) in [5.74, 6) is 0. The van der Waals surface area contributed by atoms with Crippen LogP contribution < -0.4 is 0 Å². The molecule has 0 spiro atoms. The molecule has 0 N–H and O–H groups in total. The molecule has 0 nitrogen and oxygen atoms in total. The highest BCUT2D eigenvalue weighted by atomic mass is 35.5. The van der Waals surface area contributed by atoms with Crippen molar-refractivity contribution in [2.45, 2.75) is 11.7 Å². The number of rotatable bonds is 2. The topological polar surface area (TPSA) is 0 Å². The van der Waals surface area contributed by atoms with E-state index in [0.29, 0.717) is 0 Å². The van der Waals surface area contributed by atoms with Crippen molar-refractivity contribution in [2.75, 3.05) is 0 Å². The predicted octanol–water partition coefficient (Wildman–Crippen LogP) is 4.30. The number of halogens is 1. The molecule has 0 aliphatic rings. The highest BCUT2D eigenvalue weighted by Crippen LogP contribution is 2.34. The first-order chi connectivity index (χ1) is 7.21. The fraction of sp³-hybridized carbons (Fsp3) is 0.143. The Labute approximate surface area is 109 Å². The van der Waals surface area contributed by atoms with E-state index in [9.17, 15) is 0 Å². The Morgan fingerprint density at radius 3 is 1.38 bits per heavy atom. The molecule has 0 saturated carbocycles. The summed E-state index contributed by atoms with van der Waals surface area (Å²) in [7, 11) is 0. The van der Waals surface area contributed by atoms with Gasteiger partial charge in [-0.05, 0) is 18.1 Å². The molecule has 0 saturated heterocycles. The Hall–Kier alpha value is -0.920. The van der Waals surface area contributed by atoms with E-state index < -0.39 is 0 Å². The normalized spacial score (nSPS) is 10.6. The summed E-state index contributed by atoms with van der Waals surface area (Å²) in [5.41, 5.74) is 2.44. The summed E-state index contributed by atoms with van der Waals surface area (Å²) in [4.78, 5) is 0. The molecule has 0 amide bonds. The molecule has 0 bridgehead atoms. The van der Waals surface area contributed by atoms with Crippen LogP contribution in [0.3, 0.4) is 0 Å². The summed E-state index contributed by atoms with van der Waals surface area (Å²) < 4.78 is -0.220. The van der Waals surface area contributed by atoms with E-state index in [2.05, 4.69) is 31.2 Å². The van der Waals surface area contributed by atoms with Gasteiger partial charge in [-0.3, -0.25) is 0 Å². The van der Waals surface area contributed by atoms with Gasteiger partial charge in [0.25, 0.3) is 0 Å². The van der Waals surface area contributed by atoms with E-state index in [0.717, 1.165) is 0 Å². The van der Waals surface area contributed by atoms with Crippen molar-refractivity contribution in [1.82, 2.24) is 0 Å². The zero-order valence-electron chi connectivity index (χ0n) is 9.13. The maximum atomic E-state index is 4.77. The van der Waals surface area contributed by atoms with Gasteiger partial charge in [-0.15, -0.1) is 12.4 Å². The van der Waals surface area contributed by atoms with Crippen LogP contribution in [0.15, 0.2) is 60.7 Å². The summed E-state index contributed by atoms with van der Waals surface area (Å²) in [6.07, 6.45) is 0. The smallest absolute Gasteiger partial charge is 0.0598 e. The quantitative estimate of drug-likeness (QED) is 0.755. The lowest BCUT2D eigenvalue weighted by Crippen LogP contribution is -2.15. The van der Waals surface area contributed by atoms with Crippen molar-refractivity contribution >= 4 is 25.0 Å². The summed E-state index contributed by atoms with van der Waals surface area (Å²) >= 11 is 4.77. The van der Waals surface area contributed by atoms with Gasteiger partial charge < -0.3 is 0 Å². The monoisotopic (exact) mass is 250 g/mol. The second-order valence-electron chi connectivity index (χ2n) is 3.80. The van der Waals surface area contributed by atoms with Crippen molar-refractivity contribution in [1.29, 1.82) is 0 Å². The Morgan fingerprint density at radius 1 is 0.750 bits per heavy atom. The van der Waals surface area contributed by atoms with E-state index in [1.54, 1.807) is 0 Å². The molecule has 0 aromatic heterocycles. The minimum Gasteiger partial charge on any atom is -0.163 e. The molecule has 0 radical (unpaired) electrons. The number of hydrogen-bond donors (Lipinski definition) is 1. The van der Waals surface area contributed by atoms with Gasteiger partial charge in [0, 0.05) is 0 Å². The second kappa shape index (κ2) is 5.42. The van der Waals surface area contributed by atoms with Gasteiger partial charge in [0.05, 0.1) is 4.75 Å². The van der Waals surface area contributed by atoms with Crippen LogP contribution in [0.4, 0.5) is 0 Å². The molecule has 0 heterocycles. The third kappa shape index (κ3) is 2.60. The van der Waals surface area contributed by atoms with Crippen molar-refractivity contribution in [2.24, 2.45) is 0 Å². The molecule has 0 atom stereocenters. The summed E-state index contributed by atoms with van der Waals surface area (Å²) in [6, 6.07) is 20.7. The zero-order chi connectivity index (χ0) is 10.7. The van der Waals surface area contributed by atoms with Gasteiger partial charge in [0.1, 0.15) is 0 Å². The number of benzene rings is 2. The third-order valence-electron chi connectivity index (χ3n) is 2.67. The van der Waals surface area contributed by atoms with Gasteiger partial charge in [0.15, 0.2) is 0 Å². The van der Waals surface area contributed by atoms with Gasteiger partial charge in [-0.2, -0.15) is 12.6 Å². The molecule has 2 rings (SSSR count). The minimum absolute atomic E-state index is 0. The molecule has 2 aromatic carbocycles. The average molecular weight is 251 g/mol. The molecular formula is C14H15ClS. The zero-order valence-corrected chi connectivity index (χ0v) is 10.8. The van der Waals surface area contributed by atoms with E-state index in [1.165, 1.54) is 11.1 Å². The van der Waals surface area contributed by atoms with Crippen molar-refractivity contribution in [3.8, 4) is 0 Å². The lowest BCUT2D eigenvalue weighted by atomic mass is 9.92. The van der Waals surface area contributed by atoms with Gasteiger partial charge in [-0.25, -0.2) is 0 Å². The highest BCUT2D eigenvalue weighted by Gasteiger charge is 2.23. The van der Waals surface area contributed by atoms with Crippen LogP contribution in [0.1, 0.15) is 18.1 Å². The Kier molecular flexibility index (Phi) is 4.45. The molecule has 0 fully saturated rings. The standard InChI is InChI=1S/C14H14S.ClH/c1-14(15,12-8-4-2-5-9-12)13-10-6-3-7-11-13;/h2-11,15H,1H3;1H. The Morgan fingerprint density at radius 2 is 1.06 bits per heavy atom. The summed E-state index contributed by atoms with van der Waals surface area (Å²) in [6.45, 7) is 2.13. The predicted molar refractivity (Wildman–Crippen MR) is 75.6 cm³/mol. The number of thiol groups is 1. The maximum absolute atomic E-state index is 4.77. The molecule has 0 unspecified atom stereocenters. The Balaban J connectivity index is 0.00000128. The van der Waals surface area contributed by atoms with Crippen molar-refractivity contribution < 1.29 is 0 Å². The Bertz CT molecular complexity index is 382. The molecule has 16 heavy (non-hydrogen) atoms.